The lowest BCUT2D eigenvalue weighted by molar-refractivity contribution is -0.148. The van der Waals surface area contributed by atoms with Gasteiger partial charge in [-0.25, -0.2) is 0 Å². The number of esters is 1. The highest BCUT2D eigenvalue weighted by atomic mass is 32.1. The number of rotatable bonds is 4. The molecule has 2 fully saturated rings. The summed E-state index contributed by atoms with van der Waals surface area (Å²) in [4.78, 5) is 26.9. The van der Waals surface area contributed by atoms with E-state index in [1.54, 1.807) is 6.92 Å². The Hall–Kier alpha value is -2.15. The monoisotopic (exact) mass is 403 g/mol. The molecular weight excluding hydrogens is 374 g/mol. The van der Waals surface area contributed by atoms with Gasteiger partial charge in [0, 0.05) is 11.7 Å². The first-order valence-corrected chi connectivity index (χ1v) is 10.4. The van der Waals surface area contributed by atoms with Gasteiger partial charge in [0.2, 0.25) is 5.91 Å². The van der Waals surface area contributed by atoms with Crippen LogP contribution < -0.4 is 10.6 Å². The maximum atomic E-state index is 12.8. The van der Waals surface area contributed by atoms with E-state index in [1.807, 2.05) is 30.9 Å². The first-order chi connectivity index (χ1) is 13.4. The highest BCUT2D eigenvalue weighted by Crippen LogP contribution is 2.30. The Balaban J connectivity index is 1.86. The summed E-state index contributed by atoms with van der Waals surface area (Å²) in [5.74, 6) is -0.531. The van der Waals surface area contributed by atoms with E-state index in [2.05, 4.69) is 16.7 Å². The van der Waals surface area contributed by atoms with Crippen molar-refractivity contribution in [1.82, 2.24) is 10.2 Å². The van der Waals surface area contributed by atoms with Crippen molar-refractivity contribution in [3.05, 3.63) is 29.3 Å². The Bertz CT molecular complexity index is 747. The van der Waals surface area contributed by atoms with Gasteiger partial charge in [0.25, 0.3) is 0 Å². The molecule has 28 heavy (non-hydrogen) atoms. The number of aryl methyl sites for hydroxylation is 2. The quantitative estimate of drug-likeness (QED) is 0.595. The van der Waals surface area contributed by atoms with E-state index in [9.17, 15) is 9.59 Å². The molecule has 1 heterocycles. The van der Waals surface area contributed by atoms with E-state index in [1.165, 1.54) is 0 Å². The lowest BCUT2D eigenvalue weighted by atomic mass is 9.85. The molecule has 0 radical (unpaired) electrons. The molecule has 1 aromatic carbocycles. The van der Waals surface area contributed by atoms with Crippen LogP contribution in [-0.2, 0) is 14.3 Å². The summed E-state index contributed by atoms with van der Waals surface area (Å²) in [7, 11) is 0. The molecule has 1 aliphatic carbocycles. The van der Waals surface area contributed by atoms with Crippen LogP contribution in [0.15, 0.2) is 18.2 Å². The highest BCUT2D eigenvalue weighted by Gasteiger charge is 2.45. The fraction of sp³-hybridized carbons (Fsp3) is 0.571. The fourth-order valence-electron chi connectivity index (χ4n) is 4.34. The summed E-state index contributed by atoms with van der Waals surface area (Å²) in [6, 6.07) is 5.67. The minimum absolute atomic E-state index is 0.00242. The van der Waals surface area contributed by atoms with Gasteiger partial charge in [-0.15, -0.1) is 0 Å². The largest absolute Gasteiger partial charge is 0.466 e. The number of piperazine rings is 1. The Morgan fingerprint density at radius 2 is 1.93 bits per heavy atom. The molecule has 3 unspecified atom stereocenters. The molecule has 0 spiro atoms. The van der Waals surface area contributed by atoms with Crippen LogP contribution in [-0.4, -0.2) is 46.6 Å². The number of nitrogens with zero attached hydrogens (tertiary/aromatic N) is 1. The smallest absolute Gasteiger partial charge is 0.308 e. The third-order valence-electron chi connectivity index (χ3n) is 5.43. The van der Waals surface area contributed by atoms with Crippen molar-refractivity contribution >= 4 is 34.9 Å². The average Bonchev–Trinajstić information content (AvgIpc) is 2.61. The van der Waals surface area contributed by atoms with Crippen LogP contribution in [0.1, 0.15) is 50.2 Å². The predicted molar refractivity (Wildman–Crippen MR) is 113 cm³/mol. The van der Waals surface area contributed by atoms with Gasteiger partial charge >= 0.3 is 5.97 Å². The van der Waals surface area contributed by atoms with E-state index in [0.29, 0.717) is 11.7 Å². The standard InChI is InChI=1S/C21H29N3O3S/c1-4-27-19(25)12-18-20(26)23-16-7-5-6-8-17(16)24(18)21(28)22-15-10-13(2)9-14(3)11-15/h9-11,16-18H,4-8,12H2,1-3H3,(H,22,28)(H,23,26). The van der Waals surface area contributed by atoms with Crippen molar-refractivity contribution < 1.29 is 14.3 Å². The van der Waals surface area contributed by atoms with Crippen LogP contribution in [0, 0.1) is 13.8 Å². The van der Waals surface area contributed by atoms with Crippen LogP contribution in [0.2, 0.25) is 0 Å². The van der Waals surface area contributed by atoms with Gasteiger partial charge in [0.15, 0.2) is 5.11 Å². The second kappa shape index (κ2) is 8.90. The second-order valence-corrected chi connectivity index (χ2v) is 8.09. The van der Waals surface area contributed by atoms with Gasteiger partial charge in [-0.2, -0.15) is 0 Å². The second-order valence-electron chi connectivity index (χ2n) is 7.71. The van der Waals surface area contributed by atoms with Crippen molar-refractivity contribution in [2.45, 2.75) is 71.0 Å². The van der Waals surface area contributed by atoms with E-state index in [0.717, 1.165) is 42.5 Å². The summed E-state index contributed by atoms with van der Waals surface area (Å²) < 4.78 is 5.10. The molecule has 2 aliphatic rings. The first kappa shape index (κ1) is 20.6. The van der Waals surface area contributed by atoms with Crippen molar-refractivity contribution in [3.63, 3.8) is 0 Å². The van der Waals surface area contributed by atoms with Crippen LogP contribution in [0.5, 0.6) is 0 Å². The number of amides is 1. The van der Waals surface area contributed by atoms with E-state index in [4.69, 9.17) is 17.0 Å². The molecule has 0 bridgehead atoms. The normalized spacial score (nSPS) is 24.2. The van der Waals surface area contributed by atoms with Crippen LogP contribution >= 0.6 is 12.2 Å². The topological polar surface area (TPSA) is 70.7 Å². The number of fused-ring (bicyclic) bond motifs is 1. The van der Waals surface area contributed by atoms with E-state index < -0.39 is 6.04 Å². The van der Waals surface area contributed by atoms with Crippen LogP contribution in [0.25, 0.3) is 0 Å². The number of nitrogens with one attached hydrogen (secondary N) is 2. The molecule has 1 aliphatic heterocycles. The SMILES string of the molecule is CCOC(=O)CC1C(=O)NC2CCCCC2N1C(=S)Nc1cc(C)cc(C)c1. The molecule has 6 nitrogen and oxygen atoms in total. The van der Waals surface area contributed by atoms with Crippen molar-refractivity contribution in [1.29, 1.82) is 0 Å². The zero-order valence-electron chi connectivity index (χ0n) is 16.8. The number of ether oxygens (including phenoxy) is 1. The van der Waals surface area contributed by atoms with Gasteiger partial charge in [0.05, 0.1) is 19.1 Å². The lowest BCUT2D eigenvalue weighted by Gasteiger charge is -2.49. The number of benzene rings is 1. The summed E-state index contributed by atoms with van der Waals surface area (Å²) in [6.45, 7) is 6.14. The number of thiocarbonyl (C=S) groups is 1. The maximum Gasteiger partial charge on any atom is 0.308 e. The summed E-state index contributed by atoms with van der Waals surface area (Å²) in [5.41, 5.74) is 3.18. The Morgan fingerprint density at radius 1 is 1.25 bits per heavy atom. The summed E-state index contributed by atoms with van der Waals surface area (Å²) >= 11 is 5.74. The molecule has 2 N–H and O–H groups in total. The molecule has 1 aromatic rings. The Morgan fingerprint density at radius 3 is 2.61 bits per heavy atom. The van der Waals surface area contributed by atoms with Crippen molar-refractivity contribution in [2.24, 2.45) is 0 Å². The summed E-state index contributed by atoms with van der Waals surface area (Å²) in [5, 5.41) is 6.91. The zero-order chi connectivity index (χ0) is 20.3. The van der Waals surface area contributed by atoms with Gasteiger partial charge in [-0.1, -0.05) is 18.9 Å². The maximum absolute atomic E-state index is 12.8. The number of anilines is 1. The highest BCUT2D eigenvalue weighted by molar-refractivity contribution is 7.80. The number of carbonyl (C=O) groups is 2. The zero-order valence-corrected chi connectivity index (χ0v) is 17.6. The van der Waals surface area contributed by atoms with Crippen LogP contribution in [0.4, 0.5) is 5.69 Å². The van der Waals surface area contributed by atoms with E-state index >= 15 is 0 Å². The minimum atomic E-state index is -0.649. The molecule has 1 saturated heterocycles. The predicted octanol–water partition coefficient (Wildman–Crippen LogP) is 3.07. The molecule has 1 saturated carbocycles. The molecule has 3 rings (SSSR count). The third-order valence-corrected chi connectivity index (χ3v) is 5.74. The Labute approximate surface area is 172 Å². The van der Waals surface area contributed by atoms with Gasteiger partial charge < -0.3 is 20.3 Å². The van der Waals surface area contributed by atoms with Crippen LogP contribution in [0.3, 0.4) is 0 Å². The molecule has 1 amide bonds. The number of hydrogen-bond donors (Lipinski definition) is 2. The molecule has 0 aromatic heterocycles. The van der Waals surface area contributed by atoms with Crippen molar-refractivity contribution in [3.8, 4) is 0 Å². The van der Waals surface area contributed by atoms with Gasteiger partial charge in [-0.05, 0) is 69.1 Å². The third kappa shape index (κ3) is 4.63. The molecule has 7 heteroatoms. The average molecular weight is 404 g/mol. The molecule has 3 atom stereocenters. The minimum Gasteiger partial charge on any atom is -0.466 e. The summed E-state index contributed by atoms with van der Waals surface area (Å²) in [6.07, 6.45) is 4.06. The van der Waals surface area contributed by atoms with Crippen molar-refractivity contribution in [2.75, 3.05) is 11.9 Å². The lowest BCUT2D eigenvalue weighted by Crippen LogP contribution is -2.68. The molecular formula is C21H29N3O3S. The molecule has 152 valence electrons. The van der Waals surface area contributed by atoms with E-state index in [-0.39, 0.29) is 30.4 Å². The van der Waals surface area contributed by atoms with Gasteiger partial charge in [0.1, 0.15) is 6.04 Å². The fourth-order valence-corrected chi connectivity index (χ4v) is 4.73. The number of carbonyl (C=O) groups excluding carboxylic acids is 2. The Kier molecular flexibility index (Phi) is 6.54. The number of hydrogen-bond acceptors (Lipinski definition) is 4. The van der Waals surface area contributed by atoms with Gasteiger partial charge in [-0.3, -0.25) is 9.59 Å². The first-order valence-electron chi connectivity index (χ1n) is 10.0.